The third-order valence-electron chi connectivity index (χ3n) is 3.48. The number of ketones is 1. The van der Waals surface area contributed by atoms with Crippen LogP contribution in [0.15, 0.2) is 36.5 Å². The molecule has 1 heterocycles. The van der Waals surface area contributed by atoms with Crippen molar-refractivity contribution < 1.29 is 4.79 Å². The summed E-state index contributed by atoms with van der Waals surface area (Å²) in [6.07, 6.45) is 4.70. The molecular formula is C15H15NO. The standard InChI is InChI=1S/C15H15NO/c1-11-5-2-3-6-13(11)16-10-9-12-14(16)7-4-8-15(12)17/h2-3,5-6,9-10H,4,7-8H2,1H3. The van der Waals surface area contributed by atoms with Crippen LogP contribution in [-0.2, 0) is 6.42 Å². The number of fused-ring (bicyclic) bond motifs is 1. The second-order valence-electron chi connectivity index (χ2n) is 4.61. The van der Waals surface area contributed by atoms with Crippen LogP contribution < -0.4 is 0 Å². The molecule has 0 unspecified atom stereocenters. The fourth-order valence-electron chi connectivity index (χ4n) is 2.58. The van der Waals surface area contributed by atoms with Crippen molar-refractivity contribution in [2.75, 3.05) is 0 Å². The Labute approximate surface area is 101 Å². The van der Waals surface area contributed by atoms with Gasteiger partial charge >= 0.3 is 0 Å². The third-order valence-corrected chi connectivity index (χ3v) is 3.48. The van der Waals surface area contributed by atoms with Crippen molar-refractivity contribution in [1.29, 1.82) is 0 Å². The molecule has 0 fully saturated rings. The molecule has 1 aromatic heterocycles. The Balaban J connectivity index is 2.17. The first-order chi connectivity index (χ1) is 8.27. The lowest BCUT2D eigenvalue weighted by Gasteiger charge is -2.16. The van der Waals surface area contributed by atoms with Crippen LogP contribution in [0.4, 0.5) is 0 Å². The average molecular weight is 225 g/mol. The van der Waals surface area contributed by atoms with Gasteiger partial charge in [-0.1, -0.05) is 18.2 Å². The van der Waals surface area contributed by atoms with Crippen LogP contribution >= 0.6 is 0 Å². The van der Waals surface area contributed by atoms with Crippen molar-refractivity contribution in [2.45, 2.75) is 26.2 Å². The second-order valence-corrected chi connectivity index (χ2v) is 4.61. The Morgan fingerprint density at radius 2 is 1.94 bits per heavy atom. The highest BCUT2D eigenvalue weighted by molar-refractivity contribution is 5.98. The predicted octanol–water partition coefficient (Wildman–Crippen LogP) is 3.30. The molecule has 2 nitrogen and oxygen atoms in total. The Morgan fingerprint density at radius 3 is 2.76 bits per heavy atom. The highest BCUT2D eigenvalue weighted by Gasteiger charge is 2.21. The molecular weight excluding hydrogens is 210 g/mol. The molecule has 0 saturated heterocycles. The summed E-state index contributed by atoms with van der Waals surface area (Å²) in [6, 6.07) is 10.3. The second kappa shape index (κ2) is 3.88. The number of carbonyl (C=O) groups excluding carboxylic acids is 1. The van der Waals surface area contributed by atoms with E-state index in [1.807, 2.05) is 24.4 Å². The third kappa shape index (κ3) is 1.60. The number of hydrogen-bond acceptors (Lipinski definition) is 1. The molecule has 0 atom stereocenters. The van der Waals surface area contributed by atoms with Gasteiger partial charge in [0, 0.05) is 29.6 Å². The monoisotopic (exact) mass is 225 g/mol. The van der Waals surface area contributed by atoms with Gasteiger partial charge < -0.3 is 4.57 Å². The Kier molecular flexibility index (Phi) is 2.36. The molecule has 1 aliphatic carbocycles. The van der Waals surface area contributed by atoms with E-state index < -0.39 is 0 Å². The molecule has 17 heavy (non-hydrogen) atoms. The fourth-order valence-corrected chi connectivity index (χ4v) is 2.58. The summed E-state index contributed by atoms with van der Waals surface area (Å²) in [5.74, 6) is 0.290. The minimum atomic E-state index is 0.290. The van der Waals surface area contributed by atoms with Crippen molar-refractivity contribution in [3.05, 3.63) is 53.3 Å². The van der Waals surface area contributed by atoms with Crippen molar-refractivity contribution in [3.63, 3.8) is 0 Å². The van der Waals surface area contributed by atoms with Crippen LogP contribution in [0.2, 0.25) is 0 Å². The van der Waals surface area contributed by atoms with Gasteiger partial charge in [-0.05, 0) is 37.5 Å². The van der Waals surface area contributed by atoms with E-state index in [9.17, 15) is 4.79 Å². The van der Waals surface area contributed by atoms with Crippen molar-refractivity contribution in [3.8, 4) is 5.69 Å². The van der Waals surface area contributed by atoms with Gasteiger partial charge in [0.15, 0.2) is 5.78 Å². The van der Waals surface area contributed by atoms with Crippen LogP contribution in [0.3, 0.4) is 0 Å². The van der Waals surface area contributed by atoms with E-state index in [1.54, 1.807) is 0 Å². The number of benzene rings is 1. The van der Waals surface area contributed by atoms with Crippen LogP contribution in [0.1, 0.15) is 34.5 Å². The number of carbonyl (C=O) groups is 1. The first-order valence-electron chi connectivity index (χ1n) is 6.07. The molecule has 3 rings (SSSR count). The fraction of sp³-hybridized carbons (Fsp3) is 0.267. The van der Waals surface area contributed by atoms with E-state index in [0.717, 1.165) is 18.4 Å². The predicted molar refractivity (Wildman–Crippen MR) is 67.8 cm³/mol. The number of aromatic nitrogens is 1. The summed E-state index contributed by atoms with van der Waals surface area (Å²) >= 11 is 0. The van der Waals surface area contributed by atoms with E-state index in [4.69, 9.17) is 0 Å². The quantitative estimate of drug-likeness (QED) is 0.729. The van der Waals surface area contributed by atoms with Gasteiger partial charge in [-0.15, -0.1) is 0 Å². The van der Waals surface area contributed by atoms with Gasteiger partial charge in [-0.2, -0.15) is 0 Å². The van der Waals surface area contributed by atoms with Gasteiger partial charge in [-0.3, -0.25) is 4.79 Å². The molecule has 0 aliphatic heterocycles. The Bertz CT molecular complexity index is 580. The largest absolute Gasteiger partial charge is 0.320 e. The van der Waals surface area contributed by atoms with E-state index in [1.165, 1.54) is 16.9 Å². The van der Waals surface area contributed by atoms with Crippen LogP contribution in [0.5, 0.6) is 0 Å². The number of para-hydroxylation sites is 1. The summed E-state index contributed by atoms with van der Waals surface area (Å²) in [5.41, 5.74) is 4.52. The lowest BCUT2D eigenvalue weighted by Crippen LogP contribution is -2.12. The number of Topliss-reactive ketones (excluding diaryl/α,β-unsaturated/α-hetero) is 1. The maximum Gasteiger partial charge on any atom is 0.164 e. The maximum atomic E-state index is 11.8. The van der Waals surface area contributed by atoms with E-state index >= 15 is 0 Å². The highest BCUT2D eigenvalue weighted by Crippen LogP contribution is 2.26. The summed E-state index contributed by atoms with van der Waals surface area (Å²) < 4.78 is 2.17. The summed E-state index contributed by atoms with van der Waals surface area (Å²) in [4.78, 5) is 11.8. The first kappa shape index (κ1) is 10.3. The Morgan fingerprint density at radius 1 is 1.12 bits per heavy atom. The summed E-state index contributed by atoms with van der Waals surface area (Å²) in [7, 11) is 0. The molecule has 1 aromatic carbocycles. The summed E-state index contributed by atoms with van der Waals surface area (Å²) in [6.45, 7) is 2.10. The zero-order chi connectivity index (χ0) is 11.8. The van der Waals surface area contributed by atoms with Gasteiger partial charge in [0.1, 0.15) is 0 Å². The number of aryl methyl sites for hydroxylation is 1. The van der Waals surface area contributed by atoms with Crippen molar-refractivity contribution >= 4 is 5.78 Å². The number of hydrogen-bond donors (Lipinski definition) is 0. The molecule has 0 N–H and O–H groups in total. The lowest BCUT2D eigenvalue weighted by molar-refractivity contribution is 0.0972. The van der Waals surface area contributed by atoms with E-state index in [2.05, 4.69) is 23.6 Å². The van der Waals surface area contributed by atoms with Gasteiger partial charge in [0.2, 0.25) is 0 Å². The first-order valence-corrected chi connectivity index (χ1v) is 6.07. The summed E-state index contributed by atoms with van der Waals surface area (Å²) in [5, 5.41) is 0. The number of rotatable bonds is 1. The van der Waals surface area contributed by atoms with Gasteiger partial charge in [0.25, 0.3) is 0 Å². The Hall–Kier alpha value is -1.83. The molecule has 1 aliphatic rings. The van der Waals surface area contributed by atoms with Gasteiger partial charge in [-0.25, -0.2) is 0 Å². The molecule has 0 bridgehead atoms. The van der Waals surface area contributed by atoms with Crippen LogP contribution in [0, 0.1) is 6.92 Å². The molecule has 2 aromatic rings. The number of nitrogens with zero attached hydrogens (tertiary/aromatic N) is 1. The smallest absolute Gasteiger partial charge is 0.164 e. The lowest BCUT2D eigenvalue weighted by atomic mass is 9.96. The highest BCUT2D eigenvalue weighted by atomic mass is 16.1. The van der Waals surface area contributed by atoms with E-state index in [-0.39, 0.29) is 0 Å². The molecule has 0 amide bonds. The minimum absolute atomic E-state index is 0.290. The molecule has 86 valence electrons. The molecule has 0 saturated carbocycles. The minimum Gasteiger partial charge on any atom is -0.320 e. The van der Waals surface area contributed by atoms with Gasteiger partial charge in [0.05, 0.1) is 0 Å². The van der Waals surface area contributed by atoms with Crippen molar-refractivity contribution in [2.24, 2.45) is 0 Å². The zero-order valence-corrected chi connectivity index (χ0v) is 9.94. The molecule has 2 heteroatoms. The molecule has 0 radical (unpaired) electrons. The van der Waals surface area contributed by atoms with Crippen LogP contribution in [-0.4, -0.2) is 10.4 Å². The van der Waals surface area contributed by atoms with Crippen LogP contribution in [0.25, 0.3) is 5.69 Å². The average Bonchev–Trinajstić information content (AvgIpc) is 2.75. The topological polar surface area (TPSA) is 22.0 Å². The maximum absolute atomic E-state index is 11.8. The normalized spacial score (nSPS) is 14.8. The van der Waals surface area contributed by atoms with E-state index in [0.29, 0.717) is 12.2 Å². The SMILES string of the molecule is Cc1ccccc1-n1ccc2c1CCCC2=O. The van der Waals surface area contributed by atoms with Crippen molar-refractivity contribution in [1.82, 2.24) is 4.57 Å². The zero-order valence-electron chi connectivity index (χ0n) is 9.94. The molecule has 0 spiro atoms.